The number of benzene rings is 1. The molecule has 0 aliphatic rings. The summed E-state index contributed by atoms with van der Waals surface area (Å²) in [6.07, 6.45) is 3.06. The van der Waals surface area contributed by atoms with Crippen LogP contribution in [0.2, 0.25) is 10.6 Å². The van der Waals surface area contributed by atoms with E-state index in [1.807, 2.05) is 17.8 Å². The minimum absolute atomic E-state index is 0.118. The van der Waals surface area contributed by atoms with E-state index >= 15 is 0 Å². The molecule has 1 rings (SSSR count). The molecule has 1 nitrogen and oxygen atoms in total. The van der Waals surface area contributed by atoms with Gasteiger partial charge in [0.1, 0.15) is 0 Å². The molecule has 110 valence electrons. The van der Waals surface area contributed by atoms with Crippen LogP contribution in [0.4, 0.5) is 0 Å². The van der Waals surface area contributed by atoms with Crippen molar-refractivity contribution in [1.82, 2.24) is 0 Å². The van der Waals surface area contributed by atoms with Crippen molar-refractivity contribution in [3.05, 3.63) is 43.0 Å². The molecule has 1 aromatic carbocycles. The molecular formula is C17H27AlOS. The van der Waals surface area contributed by atoms with E-state index in [1.165, 1.54) is 15.5 Å². The number of allylic oxidation sites excluding steroid dienone is 1. The van der Waals surface area contributed by atoms with Gasteiger partial charge in [-0.1, -0.05) is 74.3 Å². The Bertz CT molecular complexity index is 387. The second kappa shape index (κ2) is 8.95. The summed E-state index contributed by atoms with van der Waals surface area (Å²) in [5, 5.41) is 2.41. The average Bonchev–Trinajstić information content (AvgIpc) is 2.45. The SMILES string of the molecule is C=CC(C)(C)CC([O][Al]([CH2]C)[CH2]C)Sc1ccccc1. The number of hydrogen-bond acceptors (Lipinski definition) is 2. The fraction of sp³-hybridized carbons (Fsp3) is 0.529. The predicted molar refractivity (Wildman–Crippen MR) is 92.5 cm³/mol. The van der Waals surface area contributed by atoms with Crippen LogP contribution in [0.1, 0.15) is 34.1 Å². The van der Waals surface area contributed by atoms with Crippen molar-refractivity contribution in [1.29, 1.82) is 0 Å². The second-order valence-corrected chi connectivity index (χ2v) is 10.2. The lowest BCUT2D eigenvalue weighted by molar-refractivity contribution is 0.230. The molecule has 0 aromatic heterocycles. The number of thioether (sulfide) groups is 1. The largest absolute Gasteiger partial charge is 0.490 e. The van der Waals surface area contributed by atoms with Crippen molar-refractivity contribution >= 4 is 26.2 Å². The summed E-state index contributed by atoms with van der Waals surface area (Å²) in [6, 6.07) is 10.6. The maximum Gasteiger partial charge on any atom is 0.460 e. The fourth-order valence-electron chi connectivity index (χ4n) is 1.98. The van der Waals surface area contributed by atoms with Crippen LogP contribution in [-0.2, 0) is 3.79 Å². The first-order chi connectivity index (χ1) is 9.50. The zero-order valence-electron chi connectivity index (χ0n) is 13.3. The predicted octanol–water partition coefficient (Wildman–Crippen LogP) is 5.76. The van der Waals surface area contributed by atoms with E-state index in [9.17, 15) is 0 Å². The van der Waals surface area contributed by atoms with Gasteiger partial charge in [-0.25, -0.2) is 0 Å². The summed E-state index contributed by atoms with van der Waals surface area (Å²) in [7, 11) is 0. The molecule has 0 amide bonds. The normalized spacial score (nSPS) is 13.0. The third-order valence-corrected chi connectivity index (χ3v) is 7.33. The van der Waals surface area contributed by atoms with Crippen LogP contribution in [0.15, 0.2) is 47.9 Å². The standard InChI is InChI=1S/C13H17OS.2C2H5.Al/c1-4-13(2,3)10-12(14)15-11-8-6-5-7-9-11;2*1-2;/h4-9,12H,1,10H2,2-3H3;2*1H2,2H3;/q-1;;;+1. The fourth-order valence-corrected chi connectivity index (χ4v) is 5.29. The minimum Gasteiger partial charge on any atom is -0.490 e. The first-order valence-electron chi connectivity index (χ1n) is 7.51. The number of hydrogen-bond donors (Lipinski definition) is 0. The van der Waals surface area contributed by atoms with Gasteiger partial charge in [0.25, 0.3) is 0 Å². The molecule has 20 heavy (non-hydrogen) atoms. The summed E-state index contributed by atoms with van der Waals surface area (Å²) in [4.78, 5) is 1.29. The molecule has 0 saturated carbocycles. The van der Waals surface area contributed by atoms with Crippen LogP contribution >= 0.6 is 11.8 Å². The topological polar surface area (TPSA) is 9.23 Å². The van der Waals surface area contributed by atoms with Crippen LogP contribution in [0, 0.1) is 5.41 Å². The smallest absolute Gasteiger partial charge is 0.460 e. The maximum atomic E-state index is 6.44. The molecule has 0 spiro atoms. The highest BCUT2D eigenvalue weighted by Gasteiger charge is 2.26. The summed E-state index contributed by atoms with van der Waals surface area (Å²) in [5.74, 6) is 0. The Hall–Kier alpha value is -0.198. The monoisotopic (exact) mass is 306 g/mol. The first-order valence-corrected chi connectivity index (χ1v) is 10.5. The highest BCUT2D eigenvalue weighted by Crippen LogP contribution is 2.34. The Balaban J connectivity index is 2.75. The van der Waals surface area contributed by atoms with Crippen molar-refractivity contribution in [2.24, 2.45) is 5.41 Å². The quantitative estimate of drug-likeness (QED) is 0.248. The molecule has 0 saturated heterocycles. The van der Waals surface area contributed by atoms with Gasteiger partial charge in [0.2, 0.25) is 0 Å². The summed E-state index contributed by atoms with van der Waals surface area (Å²) < 4.78 is 6.44. The van der Waals surface area contributed by atoms with Crippen molar-refractivity contribution in [2.75, 3.05) is 0 Å². The summed E-state index contributed by atoms with van der Waals surface area (Å²) in [5.41, 5.74) is 0.356. The van der Waals surface area contributed by atoms with Crippen molar-refractivity contribution in [2.45, 2.75) is 55.0 Å². The Morgan fingerprint density at radius 1 is 1.25 bits per heavy atom. The molecule has 1 unspecified atom stereocenters. The van der Waals surface area contributed by atoms with Gasteiger partial charge < -0.3 is 3.79 Å². The van der Waals surface area contributed by atoms with Gasteiger partial charge in [-0.05, 0) is 24.0 Å². The van der Waals surface area contributed by atoms with E-state index in [-0.39, 0.29) is 10.9 Å². The summed E-state index contributed by atoms with van der Waals surface area (Å²) >= 11 is 0.808. The van der Waals surface area contributed by atoms with Crippen LogP contribution in [0.5, 0.6) is 0 Å². The van der Waals surface area contributed by atoms with Crippen LogP contribution in [0.3, 0.4) is 0 Å². The van der Waals surface area contributed by atoms with E-state index in [2.05, 4.69) is 64.6 Å². The zero-order valence-corrected chi connectivity index (χ0v) is 15.2. The molecule has 0 heterocycles. The van der Waals surface area contributed by atoms with Gasteiger partial charge >= 0.3 is 14.5 Å². The third kappa shape index (κ3) is 6.50. The molecule has 1 atom stereocenters. The highest BCUT2D eigenvalue weighted by molar-refractivity contribution is 7.99. The lowest BCUT2D eigenvalue weighted by Crippen LogP contribution is -2.26. The van der Waals surface area contributed by atoms with Crippen molar-refractivity contribution in [3.8, 4) is 0 Å². The molecular weight excluding hydrogens is 279 g/mol. The molecule has 0 bridgehead atoms. The van der Waals surface area contributed by atoms with Gasteiger partial charge in [0, 0.05) is 4.90 Å². The molecule has 0 fully saturated rings. The van der Waals surface area contributed by atoms with Crippen molar-refractivity contribution < 1.29 is 3.79 Å². The van der Waals surface area contributed by atoms with E-state index < -0.39 is 14.5 Å². The van der Waals surface area contributed by atoms with E-state index in [0.717, 1.165) is 6.42 Å². The average molecular weight is 306 g/mol. The molecule has 0 aliphatic carbocycles. The van der Waals surface area contributed by atoms with Gasteiger partial charge in [-0.15, -0.1) is 6.58 Å². The first kappa shape index (κ1) is 17.9. The molecule has 0 N–H and O–H groups in total. The van der Waals surface area contributed by atoms with Crippen molar-refractivity contribution in [3.63, 3.8) is 0 Å². The highest BCUT2D eigenvalue weighted by atomic mass is 32.2. The van der Waals surface area contributed by atoms with E-state index in [1.54, 1.807) is 0 Å². The number of rotatable bonds is 9. The van der Waals surface area contributed by atoms with Gasteiger partial charge in [-0.3, -0.25) is 0 Å². The van der Waals surface area contributed by atoms with Gasteiger partial charge in [0.15, 0.2) is 0 Å². The Labute approximate surface area is 133 Å². The maximum absolute atomic E-state index is 6.44. The van der Waals surface area contributed by atoms with Crippen LogP contribution in [-0.4, -0.2) is 19.9 Å². The second-order valence-electron chi connectivity index (χ2n) is 5.83. The Kier molecular flexibility index (Phi) is 7.99. The van der Waals surface area contributed by atoms with E-state index in [4.69, 9.17) is 3.79 Å². The van der Waals surface area contributed by atoms with Crippen LogP contribution < -0.4 is 0 Å². The van der Waals surface area contributed by atoms with Gasteiger partial charge in [-0.2, -0.15) is 0 Å². The molecule has 1 aromatic rings. The lowest BCUT2D eigenvalue weighted by Gasteiger charge is -2.29. The molecule has 0 aliphatic heterocycles. The minimum atomic E-state index is -1.05. The zero-order chi connectivity index (χ0) is 15.0. The lowest BCUT2D eigenvalue weighted by atomic mass is 9.90. The van der Waals surface area contributed by atoms with E-state index in [0.29, 0.717) is 0 Å². The van der Waals surface area contributed by atoms with Crippen LogP contribution in [0.25, 0.3) is 0 Å². The summed E-state index contributed by atoms with van der Waals surface area (Å²) in [6.45, 7) is 12.9. The molecule has 3 heteroatoms. The Morgan fingerprint density at radius 2 is 1.85 bits per heavy atom. The third-order valence-electron chi connectivity index (χ3n) is 3.51. The Morgan fingerprint density at radius 3 is 2.35 bits per heavy atom. The molecule has 0 radical (unpaired) electrons. The van der Waals surface area contributed by atoms with Gasteiger partial charge in [0.05, 0.1) is 5.44 Å².